The van der Waals surface area contributed by atoms with E-state index in [1.807, 2.05) is 26.0 Å². The fraction of sp³-hybridized carbons (Fsp3) is 0.429. The molecule has 0 saturated carbocycles. The number of hydrogen-bond donors (Lipinski definition) is 3. The van der Waals surface area contributed by atoms with Crippen molar-refractivity contribution in [3.63, 3.8) is 0 Å². The molecule has 5 nitrogen and oxygen atoms in total. The molecule has 21 heavy (non-hydrogen) atoms. The molecule has 0 radical (unpaired) electrons. The summed E-state index contributed by atoms with van der Waals surface area (Å²) in [5.74, 6) is -0.543. The Labute approximate surface area is 136 Å². The third-order valence-corrected chi connectivity index (χ3v) is 3.10. The molecule has 0 aromatic heterocycles. The zero-order valence-corrected chi connectivity index (χ0v) is 13.6. The van der Waals surface area contributed by atoms with Gasteiger partial charge in [-0.1, -0.05) is 37.6 Å². The SMILES string of the molecule is CC(C)[C@H](N)C(=O)NCC(=O)NCc1ccc(Cl)cc1.Cl. The summed E-state index contributed by atoms with van der Waals surface area (Å²) in [5, 5.41) is 5.86. The molecule has 0 spiro atoms. The van der Waals surface area contributed by atoms with Crippen molar-refractivity contribution in [2.75, 3.05) is 6.54 Å². The third-order valence-electron chi connectivity index (χ3n) is 2.85. The summed E-state index contributed by atoms with van der Waals surface area (Å²) < 4.78 is 0. The van der Waals surface area contributed by atoms with Crippen LogP contribution in [0.1, 0.15) is 19.4 Å². The van der Waals surface area contributed by atoms with E-state index in [4.69, 9.17) is 17.3 Å². The molecular formula is C14H21Cl2N3O2. The number of amides is 2. The molecule has 1 atom stereocenters. The predicted octanol–water partition coefficient (Wildman–Crippen LogP) is 1.48. The molecule has 118 valence electrons. The molecule has 0 aliphatic rings. The molecule has 7 heteroatoms. The lowest BCUT2D eigenvalue weighted by Crippen LogP contribution is -2.47. The largest absolute Gasteiger partial charge is 0.350 e. The lowest BCUT2D eigenvalue weighted by Gasteiger charge is -2.15. The highest BCUT2D eigenvalue weighted by Crippen LogP contribution is 2.08. The van der Waals surface area contributed by atoms with E-state index in [-0.39, 0.29) is 36.7 Å². The number of carbonyl (C=O) groups is 2. The Bertz CT molecular complexity index is 464. The topological polar surface area (TPSA) is 84.2 Å². The number of hydrogen-bond acceptors (Lipinski definition) is 3. The molecule has 4 N–H and O–H groups in total. The van der Waals surface area contributed by atoms with Gasteiger partial charge in [-0.15, -0.1) is 12.4 Å². The number of rotatable bonds is 6. The predicted molar refractivity (Wildman–Crippen MR) is 86.4 cm³/mol. The molecule has 1 aromatic carbocycles. The molecule has 0 unspecified atom stereocenters. The summed E-state index contributed by atoms with van der Waals surface area (Å²) in [4.78, 5) is 23.2. The quantitative estimate of drug-likeness (QED) is 0.737. The monoisotopic (exact) mass is 333 g/mol. The second-order valence-corrected chi connectivity index (χ2v) is 5.33. The van der Waals surface area contributed by atoms with Gasteiger partial charge in [-0.25, -0.2) is 0 Å². The highest BCUT2D eigenvalue weighted by Gasteiger charge is 2.17. The van der Waals surface area contributed by atoms with E-state index in [1.165, 1.54) is 0 Å². The number of nitrogens with two attached hydrogens (primary N) is 1. The maximum absolute atomic E-state index is 11.6. The van der Waals surface area contributed by atoms with E-state index < -0.39 is 6.04 Å². The van der Waals surface area contributed by atoms with Crippen molar-refractivity contribution in [1.29, 1.82) is 0 Å². The van der Waals surface area contributed by atoms with Crippen LogP contribution >= 0.6 is 24.0 Å². The lowest BCUT2D eigenvalue weighted by molar-refractivity contribution is -0.127. The number of benzene rings is 1. The second kappa shape index (κ2) is 9.60. The summed E-state index contributed by atoms with van der Waals surface area (Å²) in [6, 6.07) is 6.57. The molecule has 0 aliphatic heterocycles. The smallest absolute Gasteiger partial charge is 0.239 e. The van der Waals surface area contributed by atoms with Gasteiger partial charge in [-0.2, -0.15) is 0 Å². The molecule has 0 fully saturated rings. The van der Waals surface area contributed by atoms with Crippen molar-refractivity contribution in [3.05, 3.63) is 34.9 Å². The number of carbonyl (C=O) groups excluding carboxylic acids is 2. The summed E-state index contributed by atoms with van der Waals surface area (Å²) in [6.45, 7) is 4.02. The first-order chi connectivity index (χ1) is 9.40. The Kier molecular flexibility index (Phi) is 9.01. The van der Waals surface area contributed by atoms with Gasteiger partial charge in [0.2, 0.25) is 11.8 Å². The zero-order valence-electron chi connectivity index (χ0n) is 12.1. The van der Waals surface area contributed by atoms with E-state index in [0.717, 1.165) is 5.56 Å². The van der Waals surface area contributed by atoms with Crippen LogP contribution in [0, 0.1) is 5.92 Å². The maximum atomic E-state index is 11.6. The van der Waals surface area contributed by atoms with E-state index in [9.17, 15) is 9.59 Å². The van der Waals surface area contributed by atoms with Gasteiger partial charge in [0.15, 0.2) is 0 Å². The highest BCUT2D eigenvalue weighted by molar-refractivity contribution is 6.30. The van der Waals surface area contributed by atoms with Gasteiger partial charge in [-0.05, 0) is 23.6 Å². The van der Waals surface area contributed by atoms with Crippen LogP contribution in [0.5, 0.6) is 0 Å². The Morgan fingerprint density at radius 1 is 1.19 bits per heavy atom. The van der Waals surface area contributed by atoms with Gasteiger partial charge in [0.05, 0.1) is 12.6 Å². The van der Waals surface area contributed by atoms with E-state index in [0.29, 0.717) is 11.6 Å². The van der Waals surface area contributed by atoms with Gasteiger partial charge in [-0.3, -0.25) is 9.59 Å². The normalized spacial score (nSPS) is 11.5. The van der Waals surface area contributed by atoms with Gasteiger partial charge in [0, 0.05) is 11.6 Å². The molecule has 2 amide bonds. The van der Waals surface area contributed by atoms with Crippen molar-refractivity contribution < 1.29 is 9.59 Å². The van der Waals surface area contributed by atoms with Crippen molar-refractivity contribution in [1.82, 2.24) is 10.6 Å². The third kappa shape index (κ3) is 7.32. The first kappa shape index (κ1) is 19.7. The van der Waals surface area contributed by atoms with Crippen LogP contribution in [0.3, 0.4) is 0 Å². The second-order valence-electron chi connectivity index (χ2n) is 4.89. The molecular weight excluding hydrogens is 313 g/mol. The Hall–Kier alpha value is -1.30. The molecule has 0 heterocycles. The average Bonchev–Trinajstić information content (AvgIpc) is 2.43. The summed E-state index contributed by atoms with van der Waals surface area (Å²) >= 11 is 5.77. The van der Waals surface area contributed by atoms with Crippen LogP contribution in [0.15, 0.2) is 24.3 Å². The molecule has 0 aliphatic carbocycles. The standard InChI is InChI=1S/C14H20ClN3O2.ClH/c1-9(2)13(16)14(20)18-8-12(19)17-7-10-3-5-11(15)6-4-10;/h3-6,9,13H,7-8,16H2,1-2H3,(H,17,19)(H,18,20);1H/t13-;/m0./s1. The zero-order chi connectivity index (χ0) is 15.1. The lowest BCUT2D eigenvalue weighted by atomic mass is 10.1. The minimum absolute atomic E-state index is 0. The average molecular weight is 334 g/mol. The minimum Gasteiger partial charge on any atom is -0.350 e. The van der Waals surface area contributed by atoms with E-state index in [2.05, 4.69) is 10.6 Å². The maximum Gasteiger partial charge on any atom is 0.239 e. The summed E-state index contributed by atoms with van der Waals surface area (Å²) in [7, 11) is 0. The number of halogens is 2. The molecule has 0 saturated heterocycles. The van der Waals surface area contributed by atoms with Crippen molar-refractivity contribution in [2.24, 2.45) is 11.7 Å². The molecule has 0 bridgehead atoms. The first-order valence-corrected chi connectivity index (χ1v) is 6.82. The van der Waals surface area contributed by atoms with Crippen molar-refractivity contribution >= 4 is 35.8 Å². The van der Waals surface area contributed by atoms with Crippen molar-refractivity contribution in [2.45, 2.75) is 26.4 Å². The summed E-state index contributed by atoms with van der Waals surface area (Å²) in [5.41, 5.74) is 6.61. The van der Waals surface area contributed by atoms with Crippen LogP contribution in [0.2, 0.25) is 5.02 Å². The van der Waals surface area contributed by atoms with Crippen LogP contribution < -0.4 is 16.4 Å². The van der Waals surface area contributed by atoms with Gasteiger partial charge >= 0.3 is 0 Å². The molecule has 1 rings (SSSR count). The van der Waals surface area contributed by atoms with Crippen molar-refractivity contribution in [3.8, 4) is 0 Å². The minimum atomic E-state index is -0.598. The van der Waals surface area contributed by atoms with Crippen LogP contribution in [-0.2, 0) is 16.1 Å². The fourth-order valence-corrected chi connectivity index (χ4v) is 1.58. The first-order valence-electron chi connectivity index (χ1n) is 6.44. The van der Waals surface area contributed by atoms with E-state index >= 15 is 0 Å². The van der Waals surface area contributed by atoms with Gasteiger partial charge in [0.1, 0.15) is 0 Å². The van der Waals surface area contributed by atoms with Crippen LogP contribution in [-0.4, -0.2) is 24.4 Å². The van der Waals surface area contributed by atoms with E-state index in [1.54, 1.807) is 12.1 Å². The highest BCUT2D eigenvalue weighted by atomic mass is 35.5. The Balaban J connectivity index is 0.00000400. The van der Waals surface area contributed by atoms with Crippen LogP contribution in [0.25, 0.3) is 0 Å². The van der Waals surface area contributed by atoms with Gasteiger partial charge in [0.25, 0.3) is 0 Å². The Morgan fingerprint density at radius 2 is 1.76 bits per heavy atom. The Morgan fingerprint density at radius 3 is 2.29 bits per heavy atom. The van der Waals surface area contributed by atoms with Gasteiger partial charge < -0.3 is 16.4 Å². The summed E-state index contributed by atoms with van der Waals surface area (Å²) in [6.07, 6.45) is 0. The fourth-order valence-electron chi connectivity index (χ4n) is 1.45. The number of nitrogens with one attached hydrogen (secondary N) is 2. The molecule has 1 aromatic rings. The van der Waals surface area contributed by atoms with Crippen LogP contribution in [0.4, 0.5) is 0 Å².